The number of hydrazine groups is 1. The summed E-state index contributed by atoms with van der Waals surface area (Å²) in [7, 11) is 0. The molecule has 0 aromatic heterocycles. The van der Waals surface area contributed by atoms with Crippen molar-refractivity contribution in [3.05, 3.63) is 70.0 Å². The van der Waals surface area contributed by atoms with E-state index in [-0.39, 0.29) is 10.6 Å². The van der Waals surface area contributed by atoms with Gasteiger partial charge in [-0.25, -0.2) is 4.39 Å². The van der Waals surface area contributed by atoms with Crippen LogP contribution in [0.2, 0.25) is 5.02 Å². The smallest absolute Gasteiger partial charge is 0.279 e. The van der Waals surface area contributed by atoms with Crippen LogP contribution in [0.5, 0.6) is 5.75 Å². The number of nitrogens with one attached hydrogen (secondary N) is 2. The summed E-state index contributed by atoms with van der Waals surface area (Å²) in [5.41, 5.74) is 6.55. The van der Waals surface area contributed by atoms with Gasteiger partial charge in [0.25, 0.3) is 11.8 Å². The Kier molecular flexibility index (Phi) is 6.96. The first-order chi connectivity index (χ1) is 12.8. The summed E-state index contributed by atoms with van der Waals surface area (Å²) in [6.45, 7) is 5.41. The average Bonchev–Trinajstić information content (AvgIpc) is 2.63. The molecule has 0 spiro atoms. The first-order valence-electron chi connectivity index (χ1n) is 8.24. The number of carbonyl (C=O) groups is 2. The summed E-state index contributed by atoms with van der Waals surface area (Å²) in [6.07, 6.45) is 1.48. The van der Waals surface area contributed by atoms with Crippen molar-refractivity contribution in [2.45, 2.75) is 26.9 Å². The third-order valence-electron chi connectivity index (χ3n) is 3.94. The van der Waals surface area contributed by atoms with Crippen molar-refractivity contribution in [3.63, 3.8) is 0 Å². The zero-order valence-corrected chi connectivity index (χ0v) is 15.9. The Balaban J connectivity index is 1.90. The quantitative estimate of drug-likeness (QED) is 0.604. The number of hydrogen-bond acceptors (Lipinski definition) is 3. The number of amides is 2. The molecule has 0 radical (unpaired) electrons. The molecular formula is C20H20ClFN2O3. The largest absolute Gasteiger partial charge is 0.481 e. The van der Waals surface area contributed by atoms with Gasteiger partial charge in [0.05, 0.1) is 5.02 Å². The SMILES string of the molecule is Cc1cccc(OC(C)C(=O)NNC(=O)/C=C/c2c(F)cccc2Cl)c1C. The molecule has 142 valence electrons. The van der Waals surface area contributed by atoms with Crippen LogP contribution >= 0.6 is 11.6 Å². The van der Waals surface area contributed by atoms with Gasteiger partial charge in [0, 0.05) is 11.6 Å². The third-order valence-corrected chi connectivity index (χ3v) is 4.27. The minimum Gasteiger partial charge on any atom is -0.481 e. The molecule has 0 fully saturated rings. The van der Waals surface area contributed by atoms with E-state index in [9.17, 15) is 14.0 Å². The van der Waals surface area contributed by atoms with E-state index in [2.05, 4.69) is 10.9 Å². The second-order valence-corrected chi connectivity index (χ2v) is 6.31. The number of benzene rings is 2. The fourth-order valence-corrected chi connectivity index (χ4v) is 2.42. The molecule has 0 saturated carbocycles. The molecule has 2 amide bonds. The molecule has 0 heterocycles. The molecule has 1 atom stereocenters. The maximum atomic E-state index is 13.6. The summed E-state index contributed by atoms with van der Waals surface area (Å²) in [4.78, 5) is 23.9. The van der Waals surface area contributed by atoms with Crippen molar-refractivity contribution in [3.8, 4) is 5.75 Å². The molecule has 5 nitrogen and oxygen atoms in total. The van der Waals surface area contributed by atoms with E-state index in [4.69, 9.17) is 16.3 Å². The molecule has 2 N–H and O–H groups in total. The highest BCUT2D eigenvalue weighted by molar-refractivity contribution is 6.32. The molecule has 0 aliphatic rings. The van der Waals surface area contributed by atoms with E-state index in [1.165, 1.54) is 24.3 Å². The topological polar surface area (TPSA) is 67.4 Å². The molecule has 7 heteroatoms. The van der Waals surface area contributed by atoms with Crippen LogP contribution in [0, 0.1) is 19.7 Å². The molecule has 2 aromatic rings. The summed E-state index contributed by atoms with van der Waals surface area (Å²) < 4.78 is 19.3. The Hall–Kier alpha value is -2.86. The van der Waals surface area contributed by atoms with E-state index >= 15 is 0 Å². The second kappa shape index (κ2) is 9.19. The second-order valence-electron chi connectivity index (χ2n) is 5.91. The Bertz CT molecular complexity index is 863. The van der Waals surface area contributed by atoms with Gasteiger partial charge in [-0.2, -0.15) is 0 Å². The first-order valence-corrected chi connectivity index (χ1v) is 8.62. The molecular weight excluding hydrogens is 371 g/mol. The molecule has 2 rings (SSSR count). The highest BCUT2D eigenvalue weighted by Crippen LogP contribution is 2.22. The van der Waals surface area contributed by atoms with E-state index in [1.54, 1.807) is 13.0 Å². The summed E-state index contributed by atoms with van der Waals surface area (Å²) in [5.74, 6) is -1.12. The van der Waals surface area contributed by atoms with Gasteiger partial charge in [0.15, 0.2) is 6.10 Å². The number of hydrogen-bond donors (Lipinski definition) is 2. The van der Waals surface area contributed by atoms with E-state index in [0.29, 0.717) is 5.75 Å². The Morgan fingerprint density at radius 3 is 2.56 bits per heavy atom. The first kappa shape index (κ1) is 20.5. The van der Waals surface area contributed by atoms with Crippen LogP contribution in [0.25, 0.3) is 6.08 Å². The van der Waals surface area contributed by atoms with Crippen molar-refractivity contribution in [2.24, 2.45) is 0 Å². The summed E-state index contributed by atoms with van der Waals surface area (Å²) in [6, 6.07) is 9.76. The van der Waals surface area contributed by atoms with E-state index in [0.717, 1.165) is 17.2 Å². The van der Waals surface area contributed by atoms with Crippen molar-refractivity contribution in [1.29, 1.82) is 0 Å². The molecule has 0 aliphatic heterocycles. The van der Waals surface area contributed by atoms with Crippen molar-refractivity contribution in [1.82, 2.24) is 10.9 Å². The van der Waals surface area contributed by atoms with Gasteiger partial charge in [0.1, 0.15) is 11.6 Å². The zero-order valence-electron chi connectivity index (χ0n) is 15.2. The predicted octanol–water partition coefficient (Wildman–Crippen LogP) is 3.72. The Morgan fingerprint density at radius 2 is 1.85 bits per heavy atom. The van der Waals surface area contributed by atoms with Gasteiger partial charge in [0.2, 0.25) is 0 Å². The van der Waals surface area contributed by atoms with E-state index in [1.807, 2.05) is 26.0 Å². The molecule has 0 aliphatic carbocycles. The van der Waals surface area contributed by atoms with Crippen LogP contribution in [0.3, 0.4) is 0 Å². The van der Waals surface area contributed by atoms with Crippen molar-refractivity contribution >= 4 is 29.5 Å². The predicted molar refractivity (Wildman–Crippen MR) is 103 cm³/mol. The minimum atomic E-state index is -0.823. The number of halogens is 2. The van der Waals surface area contributed by atoms with Crippen LogP contribution in [0.4, 0.5) is 4.39 Å². The van der Waals surface area contributed by atoms with E-state index < -0.39 is 23.7 Å². The number of ether oxygens (including phenoxy) is 1. The lowest BCUT2D eigenvalue weighted by atomic mass is 10.1. The van der Waals surface area contributed by atoms with Crippen LogP contribution in [0.15, 0.2) is 42.5 Å². The lowest BCUT2D eigenvalue weighted by Crippen LogP contribution is -2.46. The Morgan fingerprint density at radius 1 is 1.15 bits per heavy atom. The van der Waals surface area contributed by atoms with Crippen molar-refractivity contribution in [2.75, 3.05) is 0 Å². The number of carbonyl (C=O) groups excluding carboxylic acids is 2. The summed E-state index contributed by atoms with van der Waals surface area (Å²) >= 11 is 5.87. The van der Waals surface area contributed by atoms with Gasteiger partial charge in [-0.1, -0.05) is 29.8 Å². The van der Waals surface area contributed by atoms with Crippen molar-refractivity contribution < 1.29 is 18.7 Å². The lowest BCUT2D eigenvalue weighted by Gasteiger charge is -2.17. The van der Waals surface area contributed by atoms with Crippen LogP contribution < -0.4 is 15.6 Å². The lowest BCUT2D eigenvalue weighted by molar-refractivity contribution is -0.131. The van der Waals surface area contributed by atoms with Crippen LogP contribution in [0.1, 0.15) is 23.6 Å². The number of rotatable bonds is 5. The summed E-state index contributed by atoms with van der Waals surface area (Å²) in [5, 5.41) is 0.179. The van der Waals surface area contributed by atoms with Gasteiger partial charge >= 0.3 is 0 Å². The number of aryl methyl sites for hydroxylation is 1. The normalized spacial score (nSPS) is 11.9. The standard InChI is InChI=1S/C20H20ClFN2O3/c1-12-6-4-9-18(13(12)2)27-14(3)20(26)24-23-19(25)11-10-15-16(21)7-5-8-17(15)22/h4-11,14H,1-3H3,(H,23,25)(H,24,26)/b11-10+. The van der Waals surface area contributed by atoms with Gasteiger partial charge in [-0.05, 0) is 56.2 Å². The highest BCUT2D eigenvalue weighted by Gasteiger charge is 2.16. The maximum absolute atomic E-state index is 13.6. The minimum absolute atomic E-state index is 0.0901. The van der Waals surface area contributed by atoms with Gasteiger partial charge < -0.3 is 4.74 Å². The molecule has 0 saturated heterocycles. The zero-order chi connectivity index (χ0) is 20.0. The average molecular weight is 391 g/mol. The molecule has 1 unspecified atom stereocenters. The van der Waals surface area contributed by atoms with Crippen LogP contribution in [-0.2, 0) is 9.59 Å². The molecule has 0 bridgehead atoms. The fraction of sp³-hybridized carbons (Fsp3) is 0.200. The highest BCUT2D eigenvalue weighted by atomic mass is 35.5. The maximum Gasteiger partial charge on any atom is 0.279 e. The third kappa shape index (κ3) is 5.56. The van der Waals surface area contributed by atoms with Gasteiger partial charge in [-0.3, -0.25) is 20.4 Å². The van der Waals surface area contributed by atoms with Gasteiger partial charge in [-0.15, -0.1) is 0 Å². The monoisotopic (exact) mass is 390 g/mol. The molecule has 2 aromatic carbocycles. The fourth-order valence-electron chi connectivity index (χ4n) is 2.19. The molecule has 27 heavy (non-hydrogen) atoms. The Labute approximate surface area is 162 Å². The van der Waals surface area contributed by atoms with Crippen LogP contribution in [-0.4, -0.2) is 17.9 Å².